The van der Waals surface area contributed by atoms with E-state index in [4.69, 9.17) is 4.74 Å². The van der Waals surface area contributed by atoms with Crippen LogP contribution in [0.15, 0.2) is 49.1 Å². The molecule has 9 heteroatoms. The van der Waals surface area contributed by atoms with Gasteiger partial charge in [0.2, 0.25) is 0 Å². The first-order valence-electron chi connectivity index (χ1n) is 11.9. The second kappa shape index (κ2) is 9.00. The van der Waals surface area contributed by atoms with Gasteiger partial charge in [-0.3, -0.25) is 9.48 Å². The van der Waals surface area contributed by atoms with Crippen LogP contribution in [0.25, 0.3) is 33.5 Å². The zero-order valence-corrected chi connectivity index (χ0v) is 21.1. The molecular formula is C27H26N6O2S. The van der Waals surface area contributed by atoms with E-state index in [1.807, 2.05) is 32.4 Å². The molecular weight excluding hydrogens is 472 g/mol. The Kier molecular flexibility index (Phi) is 5.66. The van der Waals surface area contributed by atoms with Gasteiger partial charge in [-0.15, -0.1) is 11.3 Å². The number of nitrogens with one attached hydrogen (secondary N) is 2. The van der Waals surface area contributed by atoms with Gasteiger partial charge in [0.1, 0.15) is 12.0 Å². The van der Waals surface area contributed by atoms with Gasteiger partial charge in [0.25, 0.3) is 5.91 Å². The van der Waals surface area contributed by atoms with Gasteiger partial charge < -0.3 is 15.0 Å². The predicted molar refractivity (Wildman–Crippen MR) is 140 cm³/mol. The molecule has 1 aliphatic heterocycles. The van der Waals surface area contributed by atoms with Crippen molar-refractivity contribution in [3.63, 3.8) is 0 Å². The first-order valence-corrected chi connectivity index (χ1v) is 12.7. The molecule has 0 bridgehead atoms. The van der Waals surface area contributed by atoms with Crippen LogP contribution in [0.4, 0.5) is 0 Å². The van der Waals surface area contributed by atoms with E-state index >= 15 is 0 Å². The van der Waals surface area contributed by atoms with Crippen LogP contribution in [0.5, 0.6) is 0 Å². The lowest BCUT2D eigenvalue weighted by atomic mass is 9.97. The van der Waals surface area contributed by atoms with Crippen molar-refractivity contribution in [3.8, 4) is 22.5 Å². The lowest BCUT2D eigenvalue weighted by molar-refractivity contribution is 0.0943. The summed E-state index contributed by atoms with van der Waals surface area (Å²) in [4.78, 5) is 27.3. The minimum Gasteiger partial charge on any atom is -0.376 e. The third-order valence-electron chi connectivity index (χ3n) is 6.65. The number of nitrogens with zero attached hydrogens (tertiary/aromatic N) is 4. The highest BCUT2D eigenvalue weighted by molar-refractivity contribution is 7.14. The van der Waals surface area contributed by atoms with Gasteiger partial charge in [-0.2, -0.15) is 5.10 Å². The molecule has 182 valence electrons. The second-order valence-corrected chi connectivity index (χ2v) is 10.3. The molecule has 1 aliphatic rings. The van der Waals surface area contributed by atoms with Crippen LogP contribution < -0.4 is 5.32 Å². The van der Waals surface area contributed by atoms with Gasteiger partial charge in [-0.25, -0.2) is 9.97 Å². The molecule has 1 unspecified atom stereocenters. The second-order valence-electron chi connectivity index (χ2n) is 9.20. The summed E-state index contributed by atoms with van der Waals surface area (Å²) in [6.07, 6.45) is 6.25. The average Bonchev–Trinajstić information content (AvgIpc) is 3.61. The van der Waals surface area contributed by atoms with Crippen molar-refractivity contribution < 1.29 is 9.53 Å². The number of hydrogen-bond donors (Lipinski definition) is 2. The number of hydrogen-bond acceptors (Lipinski definition) is 6. The summed E-state index contributed by atoms with van der Waals surface area (Å²) < 4.78 is 7.29. The maximum atomic E-state index is 12.9. The fraction of sp³-hybridized carbons (Fsp3) is 0.259. The molecule has 0 radical (unpaired) electrons. The van der Waals surface area contributed by atoms with Crippen LogP contribution in [0, 0.1) is 6.92 Å². The molecule has 0 spiro atoms. The van der Waals surface area contributed by atoms with Crippen LogP contribution in [0.1, 0.15) is 44.2 Å². The highest BCUT2D eigenvalue weighted by Gasteiger charge is 2.20. The highest BCUT2D eigenvalue weighted by atomic mass is 32.1. The molecule has 5 aromatic rings. The highest BCUT2D eigenvalue weighted by Crippen LogP contribution is 2.32. The molecule has 0 aliphatic carbocycles. The molecule has 36 heavy (non-hydrogen) atoms. The van der Waals surface area contributed by atoms with E-state index in [1.54, 1.807) is 22.3 Å². The van der Waals surface area contributed by atoms with E-state index in [0.29, 0.717) is 6.61 Å². The Labute approximate surface area is 212 Å². The number of benzene rings is 1. The van der Waals surface area contributed by atoms with Crippen molar-refractivity contribution in [3.05, 3.63) is 75.5 Å². The Bertz CT molecular complexity index is 1570. The van der Waals surface area contributed by atoms with Gasteiger partial charge in [-0.05, 0) is 48.7 Å². The topological polar surface area (TPSA) is 97.7 Å². The van der Waals surface area contributed by atoms with Crippen molar-refractivity contribution in [2.75, 3.05) is 6.61 Å². The summed E-state index contributed by atoms with van der Waals surface area (Å²) in [6.45, 7) is 5.41. The number of thiophene rings is 1. The number of aryl methyl sites for hydroxylation is 2. The van der Waals surface area contributed by atoms with Crippen LogP contribution in [0.3, 0.4) is 0 Å². The standard InChI is InChI=1S/C27H26N6O2S/c1-15-8-17(25-21-10-22(19-11-30-33(3)12-19)32-26(21)29-14-28-25)4-5-20(15)16(2)31-27(34)24-9-18-13-35-7-6-23(18)36-24/h4-5,8-12,14,16H,6-7,13H2,1-3H3,(H,31,34)(H,28,29,32). The Morgan fingerprint density at radius 2 is 2.11 bits per heavy atom. The summed E-state index contributed by atoms with van der Waals surface area (Å²) in [5.74, 6) is -0.0434. The van der Waals surface area contributed by atoms with Crippen LogP contribution >= 0.6 is 11.3 Å². The van der Waals surface area contributed by atoms with E-state index in [2.05, 4.69) is 56.6 Å². The van der Waals surface area contributed by atoms with E-state index in [-0.39, 0.29) is 11.9 Å². The zero-order chi connectivity index (χ0) is 24.8. The minimum atomic E-state index is -0.128. The van der Waals surface area contributed by atoms with E-state index in [9.17, 15) is 4.79 Å². The maximum Gasteiger partial charge on any atom is 0.261 e. The Morgan fingerprint density at radius 3 is 2.89 bits per heavy atom. The number of aromatic nitrogens is 5. The van der Waals surface area contributed by atoms with Gasteiger partial charge in [-0.1, -0.05) is 12.1 Å². The molecule has 0 fully saturated rings. The molecule has 8 nitrogen and oxygen atoms in total. The molecule has 0 saturated heterocycles. The van der Waals surface area contributed by atoms with Gasteiger partial charge in [0.15, 0.2) is 0 Å². The fourth-order valence-electron chi connectivity index (χ4n) is 4.80. The number of amides is 1. The summed E-state index contributed by atoms with van der Waals surface area (Å²) in [6, 6.07) is 10.2. The monoisotopic (exact) mass is 498 g/mol. The number of ether oxygens (including phenoxy) is 1. The molecule has 5 heterocycles. The Hall–Kier alpha value is -3.82. The van der Waals surface area contributed by atoms with E-state index in [0.717, 1.165) is 68.1 Å². The lowest BCUT2D eigenvalue weighted by Crippen LogP contribution is -2.26. The number of carbonyl (C=O) groups excluding carboxylic acids is 1. The normalized spacial score (nSPS) is 14.1. The number of fused-ring (bicyclic) bond motifs is 2. The smallest absolute Gasteiger partial charge is 0.261 e. The number of rotatable bonds is 5. The third-order valence-corrected chi connectivity index (χ3v) is 7.89. The van der Waals surface area contributed by atoms with Crippen molar-refractivity contribution in [1.82, 2.24) is 30.0 Å². The average molecular weight is 499 g/mol. The zero-order valence-electron chi connectivity index (χ0n) is 20.3. The minimum absolute atomic E-state index is 0.0434. The van der Waals surface area contributed by atoms with Crippen LogP contribution in [-0.4, -0.2) is 37.2 Å². The number of H-pyrrole nitrogens is 1. The molecule has 1 atom stereocenters. The molecule has 0 saturated carbocycles. The van der Waals surface area contributed by atoms with Crippen molar-refractivity contribution in [2.45, 2.75) is 32.9 Å². The molecule has 1 aromatic carbocycles. The summed E-state index contributed by atoms with van der Waals surface area (Å²) in [5, 5.41) is 8.38. The molecule has 4 aromatic heterocycles. The van der Waals surface area contributed by atoms with Crippen molar-refractivity contribution in [2.24, 2.45) is 7.05 Å². The Morgan fingerprint density at radius 1 is 1.22 bits per heavy atom. The lowest BCUT2D eigenvalue weighted by Gasteiger charge is -2.17. The van der Waals surface area contributed by atoms with Crippen LogP contribution in [0.2, 0.25) is 0 Å². The van der Waals surface area contributed by atoms with Crippen LogP contribution in [-0.2, 0) is 24.8 Å². The maximum absolute atomic E-state index is 12.9. The largest absolute Gasteiger partial charge is 0.376 e. The number of aromatic amines is 1. The summed E-state index contributed by atoms with van der Waals surface area (Å²) in [7, 11) is 1.90. The Balaban J connectivity index is 1.25. The SMILES string of the molecule is Cc1cc(-c2ncnc3[nH]c(-c4cnn(C)c4)cc23)ccc1C(C)NC(=O)c1cc2c(s1)CCOC2. The first-order chi connectivity index (χ1) is 17.5. The van der Waals surface area contributed by atoms with Crippen molar-refractivity contribution >= 4 is 28.3 Å². The van der Waals surface area contributed by atoms with Gasteiger partial charge in [0, 0.05) is 41.1 Å². The summed E-state index contributed by atoms with van der Waals surface area (Å²) >= 11 is 1.57. The van der Waals surface area contributed by atoms with Gasteiger partial charge >= 0.3 is 0 Å². The van der Waals surface area contributed by atoms with Crippen molar-refractivity contribution in [1.29, 1.82) is 0 Å². The molecule has 1 amide bonds. The number of carbonyl (C=O) groups is 1. The predicted octanol–water partition coefficient (Wildman–Crippen LogP) is 4.96. The first kappa shape index (κ1) is 22.6. The fourth-order valence-corrected chi connectivity index (χ4v) is 5.85. The van der Waals surface area contributed by atoms with E-state index in [1.165, 1.54) is 4.88 Å². The molecule has 6 rings (SSSR count). The van der Waals surface area contributed by atoms with Gasteiger partial charge in [0.05, 0.1) is 41.7 Å². The van der Waals surface area contributed by atoms with E-state index < -0.39 is 0 Å². The molecule has 2 N–H and O–H groups in total. The third kappa shape index (κ3) is 4.10. The quantitative estimate of drug-likeness (QED) is 0.357. The summed E-state index contributed by atoms with van der Waals surface area (Å²) in [5.41, 5.74) is 7.90.